The monoisotopic (exact) mass is 164 g/mol. The van der Waals surface area contributed by atoms with Crippen molar-refractivity contribution < 1.29 is 25.2 Å². The van der Waals surface area contributed by atoms with E-state index in [1.165, 1.54) is 0 Å². The fourth-order valence-electron chi connectivity index (χ4n) is 0.559. The van der Waals surface area contributed by atoms with Crippen LogP contribution in [0.25, 0.3) is 0 Å². The van der Waals surface area contributed by atoms with Crippen LogP contribution in [0.5, 0.6) is 0 Å². The van der Waals surface area contributed by atoms with E-state index in [1.807, 2.05) is 0 Å². The van der Waals surface area contributed by atoms with Crippen LogP contribution in [0.3, 0.4) is 0 Å². The Morgan fingerprint density at radius 3 is 2.09 bits per heavy atom. The molecule has 0 aromatic carbocycles. The highest BCUT2D eigenvalue weighted by Crippen LogP contribution is 2.00. The molecule has 0 heterocycles. The lowest BCUT2D eigenvalue weighted by Gasteiger charge is -2.18. The molecule has 3 atom stereocenters. The van der Waals surface area contributed by atoms with Crippen LogP contribution in [0.4, 0.5) is 0 Å². The van der Waals surface area contributed by atoms with E-state index in [2.05, 4.69) is 0 Å². The first-order valence-corrected chi connectivity index (χ1v) is 3.16. The molecule has 0 saturated heterocycles. The van der Waals surface area contributed by atoms with Crippen molar-refractivity contribution in [1.82, 2.24) is 0 Å². The Morgan fingerprint density at radius 1 is 1.36 bits per heavy atom. The third kappa shape index (κ3) is 2.94. The second-order valence-electron chi connectivity index (χ2n) is 2.30. The standard InChI is InChI=1S/C6H12O5/c1-3(8)5(10)6(11)4(9)2-7/h4-7,9-11H,2H2,1H3/t4-,5+,6+/m0/s1. The van der Waals surface area contributed by atoms with Gasteiger partial charge in [-0.1, -0.05) is 0 Å². The highest BCUT2D eigenvalue weighted by atomic mass is 16.4. The summed E-state index contributed by atoms with van der Waals surface area (Å²) in [5.41, 5.74) is 0. The van der Waals surface area contributed by atoms with Crippen LogP contribution in [0.1, 0.15) is 6.92 Å². The zero-order valence-electron chi connectivity index (χ0n) is 6.14. The third-order valence-electron chi connectivity index (χ3n) is 1.32. The molecule has 0 aliphatic carbocycles. The van der Waals surface area contributed by atoms with Crippen molar-refractivity contribution in [3.8, 4) is 0 Å². The Labute approximate surface area is 63.9 Å². The summed E-state index contributed by atoms with van der Waals surface area (Å²) in [5, 5.41) is 34.7. The van der Waals surface area contributed by atoms with Gasteiger partial charge < -0.3 is 20.4 Å². The minimum atomic E-state index is -1.63. The number of ketones is 1. The van der Waals surface area contributed by atoms with Crippen LogP contribution in [0, 0.1) is 0 Å². The van der Waals surface area contributed by atoms with E-state index in [0.29, 0.717) is 0 Å². The molecule has 5 heteroatoms. The van der Waals surface area contributed by atoms with Gasteiger partial charge in [-0.15, -0.1) is 0 Å². The minimum absolute atomic E-state index is 0.648. The van der Waals surface area contributed by atoms with Crippen LogP contribution < -0.4 is 0 Å². The summed E-state index contributed by atoms with van der Waals surface area (Å²) in [5.74, 6) is -0.648. The lowest BCUT2D eigenvalue weighted by atomic mass is 10.1. The van der Waals surface area contributed by atoms with Crippen molar-refractivity contribution in [2.75, 3.05) is 6.61 Å². The molecule has 0 radical (unpaired) electrons. The first-order chi connectivity index (χ1) is 5.00. The largest absolute Gasteiger partial charge is 0.394 e. The van der Waals surface area contributed by atoms with Gasteiger partial charge in [0, 0.05) is 0 Å². The van der Waals surface area contributed by atoms with Crippen molar-refractivity contribution in [3.05, 3.63) is 0 Å². The molecule has 0 aromatic heterocycles. The molecule has 0 amide bonds. The Morgan fingerprint density at radius 2 is 1.82 bits per heavy atom. The predicted octanol–water partition coefficient (Wildman–Crippen LogP) is -2.35. The fraction of sp³-hybridized carbons (Fsp3) is 0.833. The maximum absolute atomic E-state index is 10.4. The van der Waals surface area contributed by atoms with Gasteiger partial charge in [0.1, 0.15) is 18.3 Å². The molecule has 0 aliphatic rings. The number of aliphatic hydroxyl groups excluding tert-OH is 4. The second-order valence-corrected chi connectivity index (χ2v) is 2.30. The molecule has 0 unspecified atom stereocenters. The highest BCUT2D eigenvalue weighted by Gasteiger charge is 2.26. The molecule has 66 valence electrons. The highest BCUT2D eigenvalue weighted by molar-refractivity contribution is 5.80. The van der Waals surface area contributed by atoms with E-state index in [4.69, 9.17) is 20.4 Å². The molecule has 0 aromatic rings. The average Bonchev–Trinajstić information content (AvgIpc) is 2.00. The van der Waals surface area contributed by atoms with Crippen LogP contribution in [0.15, 0.2) is 0 Å². The molecular weight excluding hydrogens is 152 g/mol. The Kier molecular flexibility index (Phi) is 4.20. The van der Waals surface area contributed by atoms with Crippen molar-refractivity contribution in [2.24, 2.45) is 0 Å². The summed E-state index contributed by atoms with van der Waals surface area (Å²) in [6, 6.07) is 0. The topological polar surface area (TPSA) is 98.0 Å². The summed E-state index contributed by atoms with van der Waals surface area (Å²) in [6.45, 7) is 0.392. The lowest BCUT2D eigenvalue weighted by molar-refractivity contribution is -0.137. The van der Waals surface area contributed by atoms with Gasteiger partial charge >= 0.3 is 0 Å². The van der Waals surface area contributed by atoms with Crippen LogP contribution in [-0.4, -0.2) is 51.1 Å². The van der Waals surface area contributed by atoms with E-state index in [-0.39, 0.29) is 0 Å². The van der Waals surface area contributed by atoms with Gasteiger partial charge in [-0.05, 0) is 6.92 Å². The van der Waals surface area contributed by atoms with Gasteiger partial charge in [0.2, 0.25) is 0 Å². The minimum Gasteiger partial charge on any atom is -0.394 e. The van der Waals surface area contributed by atoms with E-state index in [0.717, 1.165) is 6.92 Å². The number of hydrogen-bond acceptors (Lipinski definition) is 5. The summed E-state index contributed by atoms with van der Waals surface area (Å²) < 4.78 is 0. The SMILES string of the molecule is CC(=O)[C@@H](O)[C@H](O)[C@@H](O)CO. The fourth-order valence-corrected chi connectivity index (χ4v) is 0.559. The zero-order valence-corrected chi connectivity index (χ0v) is 6.14. The van der Waals surface area contributed by atoms with Crippen molar-refractivity contribution >= 4 is 5.78 Å². The van der Waals surface area contributed by atoms with Crippen molar-refractivity contribution in [1.29, 1.82) is 0 Å². The summed E-state index contributed by atoms with van der Waals surface area (Å²) in [4.78, 5) is 10.4. The lowest BCUT2D eigenvalue weighted by Crippen LogP contribution is -2.42. The molecule has 5 nitrogen and oxygen atoms in total. The number of Topliss-reactive ketones (excluding diaryl/α,β-unsaturated/α-hetero) is 1. The number of aliphatic hydroxyl groups is 4. The molecule has 11 heavy (non-hydrogen) atoms. The predicted molar refractivity (Wildman–Crippen MR) is 35.8 cm³/mol. The first kappa shape index (κ1) is 10.5. The van der Waals surface area contributed by atoms with Crippen LogP contribution in [0.2, 0.25) is 0 Å². The normalized spacial score (nSPS) is 19.0. The molecule has 0 saturated carbocycles. The Balaban J connectivity index is 4.00. The number of rotatable bonds is 4. The molecule has 0 rings (SSSR count). The van der Waals surface area contributed by atoms with Crippen LogP contribution in [-0.2, 0) is 4.79 Å². The molecule has 0 spiro atoms. The average molecular weight is 164 g/mol. The van der Waals surface area contributed by atoms with Crippen molar-refractivity contribution in [2.45, 2.75) is 25.2 Å². The van der Waals surface area contributed by atoms with Crippen LogP contribution >= 0.6 is 0 Å². The van der Waals surface area contributed by atoms with E-state index in [1.54, 1.807) is 0 Å². The molecule has 0 aliphatic heterocycles. The Hall–Kier alpha value is -0.490. The maximum Gasteiger partial charge on any atom is 0.160 e. The van der Waals surface area contributed by atoms with Gasteiger partial charge in [-0.2, -0.15) is 0 Å². The Bertz CT molecular complexity index is 135. The molecule has 0 bridgehead atoms. The van der Waals surface area contributed by atoms with E-state index < -0.39 is 30.7 Å². The molecular formula is C6H12O5. The van der Waals surface area contributed by atoms with Crippen molar-refractivity contribution in [3.63, 3.8) is 0 Å². The first-order valence-electron chi connectivity index (χ1n) is 3.16. The van der Waals surface area contributed by atoms with Gasteiger partial charge in [-0.3, -0.25) is 4.79 Å². The zero-order chi connectivity index (χ0) is 9.02. The number of carbonyl (C=O) groups excluding carboxylic acids is 1. The second kappa shape index (κ2) is 4.40. The smallest absolute Gasteiger partial charge is 0.160 e. The van der Waals surface area contributed by atoms with Gasteiger partial charge in [0.25, 0.3) is 0 Å². The maximum atomic E-state index is 10.4. The summed E-state index contributed by atoms with van der Waals surface area (Å²) in [6.07, 6.45) is -4.72. The number of hydrogen-bond donors (Lipinski definition) is 4. The quantitative estimate of drug-likeness (QED) is 0.373. The molecule has 0 fully saturated rings. The van der Waals surface area contributed by atoms with Gasteiger partial charge in [-0.25, -0.2) is 0 Å². The van der Waals surface area contributed by atoms with Gasteiger partial charge in [0.05, 0.1) is 6.61 Å². The summed E-state index contributed by atoms with van der Waals surface area (Å²) >= 11 is 0. The summed E-state index contributed by atoms with van der Waals surface area (Å²) in [7, 11) is 0. The third-order valence-corrected chi connectivity index (χ3v) is 1.32. The number of carbonyl (C=O) groups is 1. The van der Waals surface area contributed by atoms with E-state index >= 15 is 0 Å². The molecule has 4 N–H and O–H groups in total. The van der Waals surface area contributed by atoms with Gasteiger partial charge in [0.15, 0.2) is 5.78 Å². The van der Waals surface area contributed by atoms with E-state index in [9.17, 15) is 4.79 Å².